The fourth-order valence-corrected chi connectivity index (χ4v) is 8.81. The van der Waals surface area contributed by atoms with Crippen LogP contribution < -0.4 is 0 Å². The monoisotopic (exact) mass is 672 g/mol. The first-order valence-corrected chi connectivity index (χ1v) is 18.7. The molecule has 4 rings (SSSR count). The maximum atomic E-state index is 12.7. The SMILES string of the molecule is COC1=CCC(CSCC2(CC3CCN(C(=O)OC(C)(C)C)CC3)C=CC(OC)=CC2)(CC2CCN(C(=O)OC(C)(C)C)CC2)C=C1. The van der Waals surface area contributed by atoms with E-state index >= 15 is 0 Å². The van der Waals surface area contributed by atoms with Crippen LogP contribution in [0.4, 0.5) is 9.59 Å². The summed E-state index contributed by atoms with van der Waals surface area (Å²) >= 11 is 2.07. The molecule has 2 aliphatic carbocycles. The van der Waals surface area contributed by atoms with Gasteiger partial charge in [0.25, 0.3) is 0 Å². The number of rotatable bonds is 10. The third-order valence-electron chi connectivity index (χ3n) is 9.80. The Balaban J connectivity index is 1.37. The van der Waals surface area contributed by atoms with Gasteiger partial charge in [0.2, 0.25) is 0 Å². The maximum absolute atomic E-state index is 12.7. The van der Waals surface area contributed by atoms with Crippen molar-refractivity contribution < 1.29 is 28.5 Å². The molecule has 2 saturated heterocycles. The van der Waals surface area contributed by atoms with Crippen molar-refractivity contribution in [2.75, 3.05) is 51.9 Å². The minimum Gasteiger partial charge on any atom is -0.497 e. The van der Waals surface area contributed by atoms with Crippen LogP contribution in [0, 0.1) is 22.7 Å². The van der Waals surface area contributed by atoms with Gasteiger partial charge in [-0.2, -0.15) is 11.8 Å². The van der Waals surface area contributed by atoms with Crippen molar-refractivity contribution >= 4 is 23.9 Å². The summed E-state index contributed by atoms with van der Waals surface area (Å²) in [4.78, 5) is 29.1. The lowest BCUT2D eigenvalue weighted by atomic mass is 9.73. The standard InChI is InChI=1S/C38H60N2O6S/c1-35(2,3)45-33(41)39-21-13-29(14-22-39)25-37(17-9-31(43-7)10-18-37)27-47-28-38(19-11-32(44-8)12-20-38)26-30-15-23-40(24-16-30)34(42)46-36(4,5)6/h9-12,17,19,29-30H,13-16,18,20-28H2,1-8H3. The number of carbonyl (C=O) groups is 2. The van der Waals surface area contributed by atoms with Gasteiger partial charge in [0.05, 0.1) is 14.2 Å². The highest BCUT2D eigenvalue weighted by molar-refractivity contribution is 7.99. The van der Waals surface area contributed by atoms with Gasteiger partial charge in [-0.15, -0.1) is 0 Å². The zero-order valence-corrected chi connectivity index (χ0v) is 31.1. The Hall–Kier alpha value is -2.55. The van der Waals surface area contributed by atoms with E-state index in [1.54, 1.807) is 14.2 Å². The Bertz CT molecular complexity index is 1110. The number of hydrogen-bond donors (Lipinski definition) is 0. The fourth-order valence-electron chi connectivity index (χ4n) is 7.23. The van der Waals surface area contributed by atoms with Gasteiger partial charge in [0.15, 0.2) is 0 Å². The summed E-state index contributed by atoms with van der Waals surface area (Å²) < 4.78 is 22.4. The highest BCUT2D eigenvalue weighted by Gasteiger charge is 2.38. The number of nitrogens with zero attached hydrogens (tertiary/aromatic N) is 2. The Morgan fingerprint density at radius 2 is 1.06 bits per heavy atom. The average molecular weight is 673 g/mol. The largest absolute Gasteiger partial charge is 0.497 e. The molecule has 4 aliphatic rings. The molecule has 47 heavy (non-hydrogen) atoms. The Kier molecular flexibility index (Phi) is 12.5. The van der Waals surface area contributed by atoms with Crippen molar-refractivity contribution in [2.24, 2.45) is 22.7 Å². The number of methoxy groups -OCH3 is 2. The molecule has 0 N–H and O–H groups in total. The Morgan fingerprint density at radius 3 is 1.34 bits per heavy atom. The van der Waals surface area contributed by atoms with Crippen LogP contribution in [0.2, 0.25) is 0 Å². The third kappa shape index (κ3) is 11.3. The molecule has 2 amide bonds. The van der Waals surface area contributed by atoms with Crippen molar-refractivity contribution in [1.82, 2.24) is 9.80 Å². The molecule has 0 bridgehead atoms. The number of likely N-dealkylation sites (tertiary alicyclic amines) is 2. The molecule has 2 atom stereocenters. The molecule has 2 heterocycles. The summed E-state index contributed by atoms with van der Waals surface area (Å²) in [5.41, 5.74) is -0.845. The van der Waals surface area contributed by atoms with Crippen molar-refractivity contribution in [3.63, 3.8) is 0 Å². The zero-order chi connectivity index (χ0) is 34.3. The number of ether oxygens (including phenoxy) is 4. The average Bonchev–Trinajstić information content (AvgIpc) is 3.01. The van der Waals surface area contributed by atoms with E-state index in [0.717, 1.165) is 101 Å². The second kappa shape index (κ2) is 15.8. The summed E-state index contributed by atoms with van der Waals surface area (Å²) in [6.07, 6.45) is 21.3. The molecule has 8 nitrogen and oxygen atoms in total. The third-order valence-corrected chi connectivity index (χ3v) is 11.4. The summed E-state index contributed by atoms with van der Waals surface area (Å²) in [5, 5.41) is 0. The van der Waals surface area contributed by atoms with Gasteiger partial charge in [-0.1, -0.05) is 12.2 Å². The lowest BCUT2D eigenvalue weighted by molar-refractivity contribution is 0.0161. The van der Waals surface area contributed by atoms with Crippen LogP contribution in [-0.2, 0) is 18.9 Å². The molecule has 9 heteroatoms. The van der Waals surface area contributed by atoms with E-state index in [2.05, 4.69) is 48.2 Å². The lowest BCUT2D eigenvalue weighted by Crippen LogP contribution is -2.43. The van der Waals surface area contributed by atoms with Crippen LogP contribution in [0.3, 0.4) is 0 Å². The van der Waals surface area contributed by atoms with Gasteiger partial charge >= 0.3 is 12.2 Å². The van der Waals surface area contributed by atoms with Gasteiger partial charge in [0, 0.05) is 48.5 Å². The van der Waals surface area contributed by atoms with Gasteiger partial charge in [-0.3, -0.25) is 0 Å². The van der Waals surface area contributed by atoms with Crippen LogP contribution in [0.1, 0.15) is 92.9 Å². The molecule has 2 unspecified atom stereocenters. The second-order valence-corrected chi connectivity index (χ2v) is 17.1. The van der Waals surface area contributed by atoms with E-state index in [4.69, 9.17) is 18.9 Å². The molecule has 264 valence electrons. The van der Waals surface area contributed by atoms with E-state index < -0.39 is 11.2 Å². The summed E-state index contributed by atoms with van der Waals surface area (Å²) in [5.74, 6) is 5.07. The predicted molar refractivity (Wildman–Crippen MR) is 190 cm³/mol. The molecule has 0 saturated carbocycles. The quantitative estimate of drug-likeness (QED) is 0.230. The Morgan fingerprint density at radius 1 is 0.702 bits per heavy atom. The fraction of sp³-hybridized carbons (Fsp3) is 0.737. The molecule has 0 aromatic rings. The first-order valence-electron chi connectivity index (χ1n) is 17.5. The molecule has 0 aromatic heterocycles. The van der Waals surface area contributed by atoms with Crippen LogP contribution in [0.15, 0.2) is 48.0 Å². The highest BCUT2D eigenvalue weighted by atomic mass is 32.2. The van der Waals surface area contributed by atoms with E-state index in [1.807, 2.05) is 51.3 Å². The number of piperidine rings is 2. The lowest BCUT2D eigenvalue weighted by Gasteiger charge is -2.41. The van der Waals surface area contributed by atoms with E-state index in [0.29, 0.717) is 11.8 Å². The van der Waals surface area contributed by atoms with E-state index in [1.165, 1.54) is 0 Å². The predicted octanol–water partition coefficient (Wildman–Crippen LogP) is 8.75. The number of allylic oxidation sites excluding steroid dienone is 6. The summed E-state index contributed by atoms with van der Waals surface area (Å²) in [6, 6.07) is 0. The van der Waals surface area contributed by atoms with Crippen LogP contribution in [0.5, 0.6) is 0 Å². The van der Waals surface area contributed by atoms with Crippen LogP contribution >= 0.6 is 11.8 Å². The zero-order valence-electron chi connectivity index (χ0n) is 30.3. The molecular formula is C38H60N2O6S. The Labute approximate surface area is 288 Å². The molecule has 0 aromatic carbocycles. The van der Waals surface area contributed by atoms with Crippen molar-refractivity contribution in [3.05, 3.63) is 48.0 Å². The first-order chi connectivity index (χ1) is 22.1. The van der Waals surface area contributed by atoms with Crippen LogP contribution in [0.25, 0.3) is 0 Å². The second-order valence-electron chi connectivity index (χ2n) is 16.1. The molecular weight excluding hydrogens is 612 g/mol. The minimum atomic E-state index is -0.475. The summed E-state index contributed by atoms with van der Waals surface area (Å²) in [6.45, 7) is 14.5. The maximum Gasteiger partial charge on any atom is 0.410 e. The van der Waals surface area contributed by atoms with Gasteiger partial charge < -0.3 is 28.7 Å². The molecule has 2 aliphatic heterocycles. The molecule has 2 fully saturated rings. The minimum absolute atomic E-state index is 0.0529. The number of thioether (sulfide) groups is 1. The van der Waals surface area contributed by atoms with Crippen molar-refractivity contribution in [1.29, 1.82) is 0 Å². The van der Waals surface area contributed by atoms with Crippen LogP contribution in [-0.4, -0.2) is 85.1 Å². The molecule has 0 radical (unpaired) electrons. The topological polar surface area (TPSA) is 77.5 Å². The normalized spacial score (nSPS) is 26.0. The highest BCUT2D eigenvalue weighted by Crippen LogP contribution is 2.46. The smallest absolute Gasteiger partial charge is 0.410 e. The first kappa shape index (κ1) is 37.3. The van der Waals surface area contributed by atoms with Gasteiger partial charge in [-0.25, -0.2) is 9.59 Å². The number of hydrogen-bond acceptors (Lipinski definition) is 7. The van der Waals surface area contributed by atoms with E-state index in [-0.39, 0.29) is 23.0 Å². The number of carbonyl (C=O) groups excluding carboxylic acids is 2. The van der Waals surface area contributed by atoms with Gasteiger partial charge in [0.1, 0.15) is 22.7 Å². The van der Waals surface area contributed by atoms with Gasteiger partial charge in [-0.05, 0) is 129 Å². The van der Waals surface area contributed by atoms with E-state index in [9.17, 15) is 9.59 Å². The summed E-state index contributed by atoms with van der Waals surface area (Å²) in [7, 11) is 3.48. The van der Waals surface area contributed by atoms with Crippen molar-refractivity contribution in [3.8, 4) is 0 Å². The number of amides is 2. The van der Waals surface area contributed by atoms with Crippen molar-refractivity contribution in [2.45, 2.75) is 104 Å². The molecule has 0 spiro atoms.